The number of hydrogen-bond acceptors (Lipinski definition) is 3. The standard InChI is InChI=1S/C37H73NO3/c1-3-5-7-9-11-13-15-17-18-19-21-23-25-27-29-31-33-37(41)38-35(34-39)36(40)32-30-28-26-24-22-20-16-14-12-10-8-6-4-2/h30,32,35-36,39-40H,3-29,31,33-34H2,1-2H3,(H,38,41)/t35-,36-/m1/s1/i34+1D2,35+1. The Labute approximate surface area is 259 Å². The van der Waals surface area contributed by atoms with Gasteiger partial charge in [-0.1, -0.05) is 187 Å². The van der Waals surface area contributed by atoms with E-state index in [1.165, 1.54) is 147 Å². The Morgan fingerprint density at radius 3 is 1.32 bits per heavy atom. The largest absolute Gasteiger partial charge is 0.394 e. The third-order valence-corrected chi connectivity index (χ3v) is 8.36. The topological polar surface area (TPSA) is 69.6 Å². The highest BCUT2D eigenvalue weighted by Gasteiger charge is 2.17. The minimum atomic E-state index is -2.69. The van der Waals surface area contributed by atoms with E-state index >= 15 is 0 Å². The fraction of sp³-hybridized carbons (Fsp3) is 0.919. The van der Waals surface area contributed by atoms with Gasteiger partial charge in [-0.3, -0.25) is 4.79 Å². The number of unbranched alkanes of at least 4 members (excludes halogenated alkanes) is 26. The van der Waals surface area contributed by atoms with Gasteiger partial charge in [0.15, 0.2) is 0 Å². The highest BCUT2D eigenvalue weighted by Crippen LogP contribution is 2.15. The summed E-state index contributed by atoms with van der Waals surface area (Å²) in [5, 5.41) is 23.0. The zero-order valence-corrected chi connectivity index (χ0v) is 27.6. The first kappa shape index (κ1) is 36.3. The Hall–Kier alpha value is -0.870. The van der Waals surface area contributed by atoms with E-state index in [1.54, 1.807) is 0 Å². The third kappa shape index (κ3) is 30.4. The summed E-state index contributed by atoms with van der Waals surface area (Å²) in [7, 11) is 0. The van der Waals surface area contributed by atoms with Crippen molar-refractivity contribution < 1.29 is 17.7 Å². The monoisotopic (exact) mass is 584 g/mol. The molecule has 2 atom stereocenters. The molecular weight excluding hydrogens is 508 g/mol. The van der Waals surface area contributed by atoms with E-state index in [2.05, 4.69) is 19.2 Å². The van der Waals surface area contributed by atoms with Gasteiger partial charge >= 0.3 is 0 Å². The fourth-order valence-electron chi connectivity index (χ4n) is 5.55. The van der Waals surface area contributed by atoms with Gasteiger partial charge in [0.05, 0.1) is 21.4 Å². The molecule has 0 radical (unpaired) electrons. The summed E-state index contributed by atoms with van der Waals surface area (Å²) in [6.07, 6.45) is 37.7. The zero-order chi connectivity index (χ0) is 31.9. The summed E-state index contributed by atoms with van der Waals surface area (Å²) >= 11 is 0. The number of nitrogens with one attached hydrogen (secondary N) is 1. The molecule has 0 bridgehead atoms. The Bertz CT molecular complexity index is 623. The first-order valence-corrected chi connectivity index (χ1v) is 18.2. The molecular formula is C37H73NO3. The van der Waals surface area contributed by atoms with Crippen LogP contribution in [0, 0.1) is 0 Å². The number of carbonyl (C=O) groups is 1. The van der Waals surface area contributed by atoms with Gasteiger partial charge in [-0.05, 0) is 19.3 Å². The molecule has 0 aliphatic heterocycles. The number of rotatable bonds is 33. The maximum absolute atomic E-state index is 12.4. The molecule has 4 nitrogen and oxygen atoms in total. The van der Waals surface area contributed by atoms with Gasteiger partial charge in [-0.25, -0.2) is 0 Å². The van der Waals surface area contributed by atoms with Crippen LogP contribution < -0.4 is 5.32 Å². The molecule has 41 heavy (non-hydrogen) atoms. The second-order valence-electron chi connectivity index (χ2n) is 12.5. The maximum Gasteiger partial charge on any atom is 0.220 e. The second kappa shape index (κ2) is 33.6. The molecule has 1 amide bonds. The van der Waals surface area contributed by atoms with Crippen molar-refractivity contribution in [2.75, 3.05) is 6.56 Å². The minimum absolute atomic E-state index is 0.292. The summed E-state index contributed by atoms with van der Waals surface area (Å²) in [6.45, 7) is 1.83. The van der Waals surface area contributed by atoms with Crippen LogP contribution in [0.3, 0.4) is 0 Å². The summed E-state index contributed by atoms with van der Waals surface area (Å²) in [4.78, 5) is 12.4. The van der Waals surface area contributed by atoms with Crippen LogP contribution in [0.5, 0.6) is 0 Å². The quantitative estimate of drug-likeness (QED) is 0.0409. The average Bonchev–Trinajstić information content (AvgIpc) is 2.97. The number of aliphatic hydroxyl groups is 2. The molecule has 0 saturated carbocycles. The molecule has 0 fully saturated rings. The molecule has 0 heterocycles. The van der Waals surface area contributed by atoms with Crippen LogP contribution >= 0.6 is 0 Å². The molecule has 0 unspecified atom stereocenters. The van der Waals surface area contributed by atoms with Gasteiger partial charge < -0.3 is 15.5 Å². The van der Waals surface area contributed by atoms with Crippen LogP contribution in [0.15, 0.2) is 12.2 Å². The van der Waals surface area contributed by atoms with Crippen LogP contribution in [0.4, 0.5) is 0 Å². The molecule has 0 rings (SSSR count). The lowest BCUT2D eigenvalue weighted by molar-refractivity contribution is -0.123. The van der Waals surface area contributed by atoms with Gasteiger partial charge in [0, 0.05) is 6.42 Å². The Balaban J connectivity index is 3.84. The second-order valence-corrected chi connectivity index (χ2v) is 12.5. The van der Waals surface area contributed by atoms with E-state index in [4.69, 9.17) is 2.74 Å². The normalized spacial score (nSPS) is 14.2. The lowest BCUT2D eigenvalue weighted by Gasteiger charge is -2.20. The molecule has 0 saturated heterocycles. The lowest BCUT2D eigenvalue weighted by Crippen LogP contribution is -2.45. The van der Waals surface area contributed by atoms with E-state index in [9.17, 15) is 15.0 Å². The van der Waals surface area contributed by atoms with E-state index < -0.39 is 18.7 Å². The molecule has 0 aliphatic carbocycles. The number of hydrogen-bond donors (Lipinski definition) is 3. The third-order valence-electron chi connectivity index (χ3n) is 8.36. The average molecular weight is 584 g/mol. The molecule has 0 spiro atoms. The molecule has 4 heteroatoms. The van der Waals surface area contributed by atoms with Crippen LogP contribution in [-0.4, -0.2) is 34.8 Å². The summed E-state index contributed by atoms with van der Waals surface area (Å²) in [5.74, 6) is -0.314. The van der Waals surface area contributed by atoms with E-state index in [0.717, 1.165) is 38.5 Å². The molecule has 0 aromatic carbocycles. The molecule has 0 aromatic heterocycles. The Kier molecular flexibility index (Phi) is 29.8. The van der Waals surface area contributed by atoms with E-state index in [-0.39, 0.29) is 5.91 Å². The predicted molar refractivity (Wildman–Crippen MR) is 179 cm³/mol. The molecule has 244 valence electrons. The van der Waals surface area contributed by atoms with Gasteiger partial charge in [0.1, 0.15) is 0 Å². The van der Waals surface area contributed by atoms with Gasteiger partial charge in [0.25, 0.3) is 0 Å². The van der Waals surface area contributed by atoms with Crippen molar-refractivity contribution in [1.29, 1.82) is 0 Å². The summed E-state index contributed by atoms with van der Waals surface area (Å²) in [5.41, 5.74) is 0. The van der Waals surface area contributed by atoms with E-state index in [0.29, 0.717) is 6.42 Å². The van der Waals surface area contributed by atoms with Crippen LogP contribution in [0.2, 0.25) is 0 Å². The maximum atomic E-state index is 12.4. The predicted octanol–water partition coefficient (Wildman–Crippen LogP) is 10.7. The number of amides is 1. The van der Waals surface area contributed by atoms with Crippen LogP contribution in [-0.2, 0) is 4.79 Å². The van der Waals surface area contributed by atoms with Crippen molar-refractivity contribution in [1.82, 2.24) is 5.32 Å². The van der Waals surface area contributed by atoms with Gasteiger partial charge in [-0.2, -0.15) is 0 Å². The number of aliphatic hydroxyl groups excluding tert-OH is 1. The van der Waals surface area contributed by atoms with Crippen molar-refractivity contribution in [3.05, 3.63) is 12.2 Å². The lowest BCUT2D eigenvalue weighted by atomic mass is 10.0. The van der Waals surface area contributed by atoms with Crippen molar-refractivity contribution >= 4 is 5.91 Å². The Morgan fingerprint density at radius 1 is 0.610 bits per heavy atom. The number of allylic oxidation sites excluding steroid dienone is 1. The van der Waals surface area contributed by atoms with Crippen molar-refractivity contribution in [3.63, 3.8) is 0 Å². The molecule has 0 aromatic rings. The van der Waals surface area contributed by atoms with Crippen molar-refractivity contribution in [2.45, 2.75) is 212 Å². The highest BCUT2D eigenvalue weighted by molar-refractivity contribution is 5.76. The minimum Gasteiger partial charge on any atom is -0.394 e. The first-order valence-electron chi connectivity index (χ1n) is 19.2. The van der Waals surface area contributed by atoms with Gasteiger partial charge in [-0.15, -0.1) is 0 Å². The number of carbonyl (C=O) groups excluding carboxylic acids is 1. The SMILES string of the molecule is [2H][13C]([2H])(O)[13C@@H](NC(=O)CCCCCCCCCCCCCCCCCC)[C@H](O)C=CCCCCCCCCCCCCC. The Morgan fingerprint density at radius 2 is 0.951 bits per heavy atom. The van der Waals surface area contributed by atoms with Crippen LogP contribution in [0.1, 0.15) is 203 Å². The van der Waals surface area contributed by atoms with Gasteiger partial charge in [0.2, 0.25) is 5.91 Å². The fourth-order valence-corrected chi connectivity index (χ4v) is 5.55. The smallest absolute Gasteiger partial charge is 0.220 e. The highest BCUT2D eigenvalue weighted by atomic mass is 16.4. The summed E-state index contributed by atoms with van der Waals surface area (Å²) < 4.78 is 15.4. The van der Waals surface area contributed by atoms with Crippen molar-refractivity contribution in [2.24, 2.45) is 0 Å². The summed E-state index contributed by atoms with van der Waals surface area (Å²) in [6, 6.07) is -1.37. The zero-order valence-electron chi connectivity index (χ0n) is 29.6. The molecule has 3 N–H and O–H groups in total. The van der Waals surface area contributed by atoms with Crippen LogP contribution in [0.25, 0.3) is 0 Å². The van der Waals surface area contributed by atoms with E-state index in [1.807, 2.05) is 6.08 Å². The van der Waals surface area contributed by atoms with Crippen molar-refractivity contribution in [3.8, 4) is 0 Å². The molecule has 0 aliphatic rings. The first-order chi connectivity index (χ1) is 20.8.